The number of methoxy groups -OCH3 is 1. The van der Waals surface area contributed by atoms with Gasteiger partial charge in [0, 0.05) is 13.1 Å². The molecule has 31 heavy (non-hydrogen) atoms. The van der Waals surface area contributed by atoms with Gasteiger partial charge in [-0.15, -0.1) is 0 Å². The van der Waals surface area contributed by atoms with Gasteiger partial charge in [-0.05, 0) is 42.0 Å². The summed E-state index contributed by atoms with van der Waals surface area (Å²) in [5.41, 5.74) is 0.780. The third-order valence-corrected chi connectivity index (χ3v) is 6.65. The van der Waals surface area contributed by atoms with Crippen molar-refractivity contribution < 1.29 is 27.2 Å². The predicted molar refractivity (Wildman–Crippen MR) is 113 cm³/mol. The number of furan rings is 1. The summed E-state index contributed by atoms with van der Waals surface area (Å²) in [5.74, 6) is -0.960. The maximum absolute atomic E-state index is 13.1. The van der Waals surface area contributed by atoms with E-state index in [1.807, 2.05) is 0 Å². The largest absolute Gasteiger partial charge is 0.497 e. The van der Waals surface area contributed by atoms with Crippen molar-refractivity contribution in [2.45, 2.75) is 16.7 Å². The second kappa shape index (κ2) is 9.94. The monoisotopic (exact) mass is 442 g/mol. The Morgan fingerprint density at radius 2 is 1.61 bits per heavy atom. The van der Waals surface area contributed by atoms with Crippen LogP contribution in [-0.4, -0.2) is 33.9 Å². The lowest BCUT2D eigenvalue weighted by Gasteiger charge is -2.16. The molecule has 8 nitrogen and oxygen atoms in total. The average Bonchev–Trinajstić information content (AvgIpc) is 3.32. The molecule has 0 radical (unpaired) electrons. The highest BCUT2D eigenvalue weighted by atomic mass is 32.2. The van der Waals surface area contributed by atoms with E-state index in [4.69, 9.17) is 9.15 Å². The lowest BCUT2D eigenvalue weighted by atomic mass is 10.2. The zero-order chi connectivity index (χ0) is 22.3. The fourth-order valence-corrected chi connectivity index (χ4v) is 4.49. The number of carbonyl (C=O) groups is 2. The van der Waals surface area contributed by atoms with E-state index in [0.717, 1.165) is 5.56 Å². The summed E-state index contributed by atoms with van der Waals surface area (Å²) in [5, 5.41) is 3.71. The molecule has 0 bridgehead atoms. The van der Waals surface area contributed by atoms with Crippen molar-refractivity contribution >= 4 is 21.7 Å². The van der Waals surface area contributed by atoms with Crippen LogP contribution in [0.25, 0.3) is 0 Å². The first-order chi connectivity index (χ1) is 14.9. The van der Waals surface area contributed by atoms with Gasteiger partial charge in [-0.3, -0.25) is 9.59 Å². The summed E-state index contributed by atoms with van der Waals surface area (Å²) in [6.45, 7) is -0.181. The van der Waals surface area contributed by atoms with Gasteiger partial charge in [0.05, 0.1) is 18.3 Å². The molecule has 3 aromatic rings. The van der Waals surface area contributed by atoms with Crippen LogP contribution >= 0.6 is 0 Å². The molecule has 9 heteroatoms. The van der Waals surface area contributed by atoms with Crippen molar-refractivity contribution in [3.8, 4) is 5.75 Å². The highest BCUT2D eigenvalue weighted by Crippen LogP contribution is 2.28. The minimum Gasteiger partial charge on any atom is -0.497 e. The normalized spacial score (nSPS) is 12.0. The number of hydrogen-bond acceptors (Lipinski definition) is 6. The first kappa shape index (κ1) is 22.1. The van der Waals surface area contributed by atoms with Gasteiger partial charge in [0.15, 0.2) is 9.84 Å². The second-order valence-electron chi connectivity index (χ2n) is 6.60. The fourth-order valence-electron chi connectivity index (χ4n) is 2.88. The zero-order valence-corrected chi connectivity index (χ0v) is 17.6. The van der Waals surface area contributed by atoms with Crippen LogP contribution < -0.4 is 15.4 Å². The van der Waals surface area contributed by atoms with E-state index < -0.39 is 26.9 Å². The van der Waals surface area contributed by atoms with Gasteiger partial charge in [-0.25, -0.2) is 8.42 Å². The third kappa shape index (κ3) is 5.52. The summed E-state index contributed by atoms with van der Waals surface area (Å²) < 4.78 is 36.5. The highest BCUT2D eigenvalue weighted by Gasteiger charge is 2.32. The van der Waals surface area contributed by atoms with Gasteiger partial charge < -0.3 is 19.8 Å². The van der Waals surface area contributed by atoms with E-state index >= 15 is 0 Å². The molecule has 0 aliphatic carbocycles. The molecule has 0 unspecified atom stereocenters. The zero-order valence-electron chi connectivity index (χ0n) is 16.8. The van der Waals surface area contributed by atoms with Crippen LogP contribution in [0.15, 0.2) is 82.3 Å². The second-order valence-corrected chi connectivity index (χ2v) is 8.73. The van der Waals surface area contributed by atoms with E-state index in [2.05, 4.69) is 10.6 Å². The maximum Gasteiger partial charge on any atom is 0.309 e. The van der Waals surface area contributed by atoms with Crippen LogP contribution in [0.2, 0.25) is 0 Å². The predicted octanol–water partition coefficient (Wildman–Crippen LogP) is 2.24. The Labute approximate surface area is 180 Å². The van der Waals surface area contributed by atoms with E-state index in [1.165, 1.54) is 24.5 Å². The van der Waals surface area contributed by atoms with Crippen molar-refractivity contribution in [2.75, 3.05) is 13.7 Å². The van der Waals surface area contributed by atoms with Gasteiger partial charge >= 0.3 is 11.8 Å². The maximum atomic E-state index is 13.1. The molecule has 0 aliphatic heterocycles. The van der Waals surface area contributed by atoms with Crippen LogP contribution in [0.3, 0.4) is 0 Å². The van der Waals surface area contributed by atoms with Crippen LogP contribution in [0, 0.1) is 0 Å². The molecule has 0 saturated carbocycles. The number of carbonyl (C=O) groups excluding carboxylic acids is 2. The number of ether oxygens (including phenoxy) is 1. The first-order valence-corrected chi connectivity index (χ1v) is 11.0. The van der Waals surface area contributed by atoms with Crippen molar-refractivity contribution in [1.82, 2.24) is 10.6 Å². The minimum atomic E-state index is -3.86. The number of amides is 2. The summed E-state index contributed by atoms with van der Waals surface area (Å²) in [7, 11) is -2.31. The molecule has 0 spiro atoms. The van der Waals surface area contributed by atoms with E-state index in [1.54, 1.807) is 55.6 Å². The molecular weight excluding hydrogens is 420 g/mol. The molecule has 1 aromatic heterocycles. The molecule has 2 N–H and O–H groups in total. The average molecular weight is 442 g/mol. The van der Waals surface area contributed by atoms with Gasteiger partial charge in [0.25, 0.3) is 0 Å². The summed E-state index contributed by atoms with van der Waals surface area (Å²) in [6.07, 6.45) is 1.35. The van der Waals surface area contributed by atoms with Crippen molar-refractivity contribution in [3.05, 3.63) is 84.3 Å². The quantitative estimate of drug-likeness (QED) is 0.517. The number of hydrogen-bond donors (Lipinski definition) is 2. The molecule has 1 atom stereocenters. The molecule has 3 rings (SSSR count). The van der Waals surface area contributed by atoms with Gasteiger partial charge in [-0.1, -0.05) is 30.3 Å². The Morgan fingerprint density at radius 1 is 0.935 bits per heavy atom. The Balaban J connectivity index is 1.64. The molecular formula is C22H22N2O6S. The number of sulfone groups is 1. The smallest absolute Gasteiger partial charge is 0.309 e. The molecule has 0 fully saturated rings. The Hall–Kier alpha value is -3.59. The Bertz CT molecular complexity index is 1110. The molecule has 0 aliphatic rings. The van der Waals surface area contributed by atoms with Crippen LogP contribution in [0.5, 0.6) is 5.75 Å². The number of rotatable bonds is 8. The van der Waals surface area contributed by atoms with Crippen molar-refractivity contribution in [1.29, 1.82) is 0 Å². The van der Waals surface area contributed by atoms with Crippen LogP contribution in [-0.2, 0) is 26.0 Å². The van der Waals surface area contributed by atoms with Crippen LogP contribution in [0.1, 0.15) is 16.6 Å². The molecule has 2 aromatic carbocycles. The summed E-state index contributed by atoms with van der Waals surface area (Å²) in [4.78, 5) is 24.5. The summed E-state index contributed by atoms with van der Waals surface area (Å²) in [6, 6.07) is 17.9. The van der Waals surface area contributed by atoms with E-state index in [-0.39, 0.29) is 23.7 Å². The minimum absolute atomic E-state index is 0.0922. The molecule has 162 valence electrons. The van der Waals surface area contributed by atoms with E-state index in [0.29, 0.717) is 5.75 Å². The third-order valence-electron chi connectivity index (χ3n) is 4.57. The van der Waals surface area contributed by atoms with Crippen LogP contribution in [0.4, 0.5) is 0 Å². The Kier molecular flexibility index (Phi) is 7.09. The Morgan fingerprint density at radius 3 is 2.23 bits per heavy atom. The standard InChI is InChI=1S/C22H22N2O6S/c1-29-17-11-9-16(10-12-17)14-23-21(25)22(26)24-15-20(19-8-5-13-30-19)31(27,28)18-6-3-2-4-7-18/h2-13,20H,14-15H2,1H3,(H,23,25)(H,24,26)/t20-/m0/s1. The molecule has 2 amide bonds. The fraction of sp³-hybridized carbons (Fsp3) is 0.182. The van der Waals surface area contributed by atoms with E-state index in [9.17, 15) is 18.0 Å². The summed E-state index contributed by atoms with van der Waals surface area (Å²) >= 11 is 0. The lowest BCUT2D eigenvalue weighted by molar-refractivity contribution is -0.139. The van der Waals surface area contributed by atoms with Gasteiger partial charge in [0.2, 0.25) is 0 Å². The first-order valence-electron chi connectivity index (χ1n) is 9.43. The van der Waals surface area contributed by atoms with Crippen molar-refractivity contribution in [2.24, 2.45) is 0 Å². The topological polar surface area (TPSA) is 115 Å². The molecule has 1 heterocycles. The number of benzene rings is 2. The number of nitrogens with one attached hydrogen (secondary N) is 2. The molecule has 0 saturated heterocycles. The lowest BCUT2D eigenvalue weighted by Crippen LogP contribution is -2.42. The highest BCUT2D eigenvalue weighted by molar-refractivity contribution is 7.91. The van der Waals surface area contributed by atoms with Gasteiger partial charge in [-0.2, -0.15) is 0 Å². The van der Waals surface area contributed by atoms with Gasteiger partial charge in [0.1, 0.15) is 16.8 Å². The van der Waals surface area contributed by atoms with Crippen molar-refractivity contribution in [3.63, 3.8) is 0 Å². The SMILES string of the molecule is COc1ccc(CNC(=O)C(=O)NC[C@@H](c2ccco2)S(=O)(=O)c2ccccc2)cc1.